The lowest BCUT2D eigenvalue weighted by Crippen LogP contribution is -2.24. The van der Waals surface area contributed by atoms with Crippen molar-refractivity contribution in [2.75, 3.05) is 16.8 Å². The average Bonchev–Trinajstić information content (AvgIpc) is 3.47. The van der Waals surface area contributed by atoms with E-state index in [2.05, 4.69) is 15.5 Å². The SMILES string of the molecule is O=C(Nc1nnc(C2CC(=O)N(c3ccc(F)cc3)C2)s1)c1sc2ccccc2c1Cl. The van der Waals surface area contributed by atoms with E-state index in [1.165, 1.54) is 34.8 Å². The molecular formula is C21H14ClFN4O2S2. The summed E-state index contributed by atoms with van der Waals surface area (Å²) >= 11 is 8.93. The highest BCUT2D eigenvalue weighted by atomic mass is 35.5. The Morgan fingerprint density at radius 2 is 1.90 bits per heavy atom. The van der Waals surface area contributed by atoms with Crippen molar-refractivity contribution in [3.63, 3.8) is 0 Å². The maximum atomic E-state index is 13.2. The molecule has 0 radical (unpaired) electrons. The van der Waals surface area contributed by atoms with E-state index >= 15 is 0 Å². The van der Waals surface area contributed by atoms with Crippen LogP contribution in [0.3, 0.4) is 0 Å². The summed E-state index contributed by atoms with van der Waals surface area (Å²) in [4.78, 5) is 27.2. The van der Waals surface area contributed by atoms with Gasteiger partial charge in [0.25, 0.3) is 5.91 Å². The fourth-order valence-electron chi connectivity index (χ4n) is 3.51. The molecule has 1 aliphatic rings. The molecule has 6 nitrogen and oxygen atoms in total. The predicted octanol–water partition coefficient (Wildman–Crippen LogP) is 5.32. The van der Waals surface area contributed by atoms with Gasteiger partial charge in [0.1, 0.15) is 15.7 Å². The van der Waals surface area contributed by atoms with Gasteiger partial charge in [-0.1, -0.05) is 41.1 Å². The third-order valence-electron chi connectivity index (χ3n) is 5.01. The molecule has 3 heterocycles. The third-order valence-corrected chi connectivity index (χ3v) is 7.69. The zero-order valence-electron chi connectivity index (χ0n) is 15.8. The molecule has 1 N–H and O–H groups in total. The van der Waals surface area contributed by atoms with E-state index in [1.54, 1.807) is 17.0 Å². The van der Waals surface area contributed by atoms with Crippen molar-refractivity contribution >= 4 is 67.0 Å². The summed E-state index contributed by atoms with van der Waals surface area (Å²) in [6.45, 7) is 0.426. The number of hydrogen-bond donors (Lipinski definition) is 1. The Bertz CT molecular complexity index is 1300. The molecule has 1 saturated heterocycles. The van der Waals surface area contributed by atoms with E-state index in [4.69, 9.17) is 11.6 Å². The van der Waals surface area contributed by atoms with Crippen LogP contribution in [0.2, 0.25) is 5.02 Å². The number of benzene rings is 2. The number of nitrogens with zero attached hydrogens (tertiary/aromatic N) is 3. The molecule has 2 aromatic carbocycles. The molecule has 0 spiro atoms. The fourth-order valence-corrected chi connectivity index (χ4v) is 5.75. The summed E-state index contributed by atoms with van der Waals surface area (Å²) in [6, 6.07) is 13.4. The first-order valence-electron chi connectivity index (χ1n) is 9.37. The van der Waals surface area contributed by atoms with E-state index in [0.29, 0.717) is 32.3 Å². The number of aromatic nitrogens is 2. The molecule has 1 fully saturated rings. The molecule has 1 atom stereocenters. The first-order valence-corrected chi connectivity index (χ1v) is 11.4. The summed E-state index contributed by atoms with van der Waals surface area (Å²) in [5.74, 6) is -0.900. The molecule has 1 aliphatic heterocycles. The van der Waals surface area contributed by atoms with Gasteiger partial charge in [0.05, 0.1) is 5.02 Å². The maximum Gasteiger partial charge on any atom is 0.269 e. The first kappa shape index (κ1) is 20.0. The van der Waals surface area contributed by atoms with Crippen molar-refractivity contribution in [3.05, 3.63) is 69.3 Å². The lowest BCUT2D eigenvalue weighted by Gasteiger charge is -2.16. The lowest BCUT2D eigenvalue weighted by atomic mass is 10.1. The number of nitrogens with one attached hydrogen (secondary N) is 1. The van der Waals surface area contributed by atoms with Crippen LogP contribution < -0.4 is 10.2 Å². The van der Waals surface area contributed by atoms with Crippen LogP contribution in [0.5, 0.6) is 0 Å². The number of carbonyl (C=O) groups excluding carboxylic acids is 2. The second kappa shape index (κ2) is 7.99. The number of amides is 2. The van der Waals surface area contributed by atoms with Crippen LogP contribution in [0.1, 0.15) is 27.0 Å². The second-order valence-electron chi connectivity index (χ2n) is 7.02. The van der Waals surface area contributed by atoms with Crippen LogP contribution in [-0.4, -0.2) is 28.6 Å². The van der Waals surface area contributed by atoms with Gasteiger partial charge < -0.3 is 4.90 Å². The van der Waals surface area contributed by atoms with Gasteiger partial charge in [-0.15, -0.1) is 21.5 Å². The Balaban J connectivity index is 1.31. The molecular weight excluding hydrogens is 459 g/mol. The summed E-state index contributed by atoms with van der Waals surface area (Å²) < 4.78 is 14.1. The normalized spacial score (nSPS) is 16.3. The van der Waals surface area contributed by atoms with Crippen LogP contribution in [0.15, 0.2) is 48.5 Å². The number of carbonyl (C=O) groups is 2. The minimum Gasteiger partial charge on any atom is -0.312 e. The fraction of sp³-hybridized carbons (Fsp3) is 0.143. The van der Waals surface area contributed by atoms with Gasteiger partial charge in [0.15, 0.2) is 0 Å². The highest BCUT2D eigenvalue weighted by Gasteiger charge is 2.34. The topological polar surface area (TPSA) is 75.2 Å². The van der Waals surface area contributed by atoms with Gasteiger partial charge in [0.2, 0.25) is 11.0 Å². The van der Waals surface area contributed by atoms with Crippen LogP contribution in [-0.2, 0) is 4.79 Å². The van der Waals surface area contributed by atoms with Crippen molar-refractivity contribution in [2.45, 2.75) is 12.3 Å². The van der Waals surface area contributed by atoms with Gasteiger partial charge in [-0.25, -0.2) is 4.39 Å². The van der Waals surface area contributed by atoms with E-state index in [9.17, 15) is 14.0 Å². The van der Waals surface area contributed by atoms with Gasteiger partial charge in [-0.2, -0.15) is 0 Å². The molecule has 0 saturated carbocycles. The van der Waals surface area contributed by atoms with Crippen LogP contribution in [0.25, 0.3) is 10.1 Å². The Hall–Kier alpha value is -2.88. The van der Waals surface area contributed by atoms with E-state index < -0.39 is 0 Å². The smallest absolute Gasteiger partial charge is 0.269 e. The number of anilines is 2. The predicted molar refractivity (Wildman–Crippen MR) is 121 cm³/mol. The number of halogens is 2. The van der Waals surface area contributed by atoms with Gasteiger partial charge in [0, 0.05) is 34.7 Å². The molecule has 10 heteroatoms. The second-order valence-corrected chi connectivity index (χ2v) is 9.46. The Kier molecular flexibility index (Phi) is 5.17. The largest absolute Gasteiger partial charge is 0.312 e. The van der Waals surface area contributed by atoms with E-state index in [-0.39, 0.29) is 30.0 Å². The van der Waals surface area contributed by atoms with Crippen LogP contribution in [0.4, 0.5) is 15.2 Å². The van der Waals surface area contributed by atoms with Crippen molar-refractivity contribution < 1.29 is 14.0 Å². The Labute approximate surface area is 189 Å². The van der Waals surface area contributed by atoms with Crippen molar-refractivity contribution in [1.82, 2.24) is 10.2 Å². The minimum atomic E-state index is -0.352. The molecule has 1 unspecified atom stereocenters. The first-order chi connectivity index (χ1) is 15.0. The Morgan fingerprint density at radius 1 is 1.13 bits per heavy atom. The summed E-state index contributed by atoms with van der Waals surface area (Å²) in [7, 11) is 0. The van der Waals surface area contributed by atoms with Crippen LogP contribution >= 0.6 is 34.3 Å². The highest BCUT2D eigenvalue weighted by Crippen LogP contribution is 2.37. The van der Waals surface area contributed by atoms with Crippen molar-refractivity contribution in [1.29, 1.82) is 0 Å². The zero-order valence-corrected chi connectivity index (χ0v) is 18.2. The minimum absolute atomic E-state index is 0.0607. The van der Waals surface area contributed by atoms with Crippen molar-refractivity contribution in [2.24, 2.45) is 0 Å². The number of hydrogen-bond acceptors (Lipinski definition) is 6. The van der Waals surface area contributed by atoms with E-state index in [1.807, 2.05) is 24.3 Å². The summed E-state index contributed by atoms with van der Waals surface area (Å²) in [6.07, 6.45) is 0.280. The maximum absolute atomic E-state index is 13.2. The lowest BCUT2D eigenvalue weighted by molar-refractivity contribution is -0.117. The summed E-state index contributed by atoms with van der Waals surface area (Å²) in [5, 5.41) is 13.3. The third kappa shape index (κ3) is 3.80. The molecule has 31 heavy (non-hydrogen) atoms. The van der Waals surface area contributed by atoms with Gasteiger partial charge in [-0.3, -0.25) is 14.9 Å². The number of fused-ring (bicyclic) bond motifs is 1. The molecule has 0 aliphatic carbocycles. The molecule has 4 aromatic rings. The zero-order chi connectivity index (χ0) is 21.5. The van der Waals surface area contributed by atoms with Gasteiger partial charge in [-0.05, 0) is 30.3 Å². The van der Waals surface area contributed by atoms with Gasteiger partial charge >= 0.3 is 0 Å². The number of thiophene rings is 1. The standard InChI is InChI=1S/C21H14ClFN4O2S2/c22-17-14-3-1-2-4-15(14)30-18(17)19(29)24-21-26-25-20(31-21)11-9-16(28)27(10-11)13-7-5-12(23)6-8-13/h1-8,11H,9-10H2,(H,24,26,29). The molecule has 2 aromatic heterocycles. The monoisotopic (exact) mass is 472 g/mol. The highest BCUT2D eigenvalue weighted by molar-refractivity contribution is 7.22. The molecule has 5 rings (SSSR count). The van der Waals surface area contributed by atoms with Crippen LogP contribution in [0, 0.1) is 5.82 Å². The molecule has 156 valence electrons. The molecule has 2 amide bonds. The van der Waals surface area contributed by atoms with Crippen molar-refractivity contribution in [3.8, 4) is 0 Å². The number of rotatable bonds is 4. The van der Waals surface area contributed by atoms with E-state index in [0.717, 1.165) is 10.1 Å². The quantitative estimate of drug-likeness (QED) is 0.436. The summed E-state index contributed by atoms with van der Waals surface area (Å²) in [5.41, 5.74) is 0.645. The Morgan fingerprint density at radius 3 is 2.68 bits per heavy atom. The average molecular weight is 473 g/mol. The molecule has 0 bridgehead atoms.